The second-order valence-electron chi connectivity index (χ2n) is 7.88. The molecule has 1 aliphatic heterocycles. The van der Waals surface area contributed by atoms with Gasteiger partial charge in [0.05, 0.1) is 10.6 Å². The summed E-state index contributed by atoms with van der Waals surface area (Å²) in [6.45, 7) is 2.00. The molecule has 0 bridgehead atoms. The van der Waals surface area contributed by atoms with Crippen LogP contribution in [-0.2, 0) is 26.0 Å². The van der Waals surface area contributed by atoms with E-state index in [2.05, 4.69) is 10.6 Å². The molecule has 0 unspecified atom stereocenters. The molecule has 1 heterocycles. The van der Waals surface area contributed by atoms with Gasteiger partial charge in [0, 0.05) is 16.9 Å². The smallest absolute Gasteiger partial charge is 0.283 e. The fourth-order valence-electron chi connectivity index (χ4n) is 3.51. The number of nitrogens with two attached hydrogens (primary N) is 1. The van der Waals surface area contributed by atoms with Gasteiger partial charge in [-0.3, -0.25) is 14.4 Å². The van der Waals surface area contributed by atoms with Gasteiger partial charge in [-0.25, -0.2) is 18.5 Å². The molecule has 0 radical (unpaired) electrons. The van der Waals surface area contributed by atoms with E-state index in [4.69, 9.17) is 16.7 Å². The molecule has 0 saturated heterocycles. The molecule has 4 N–H and O–H groups in total. The lowest BCUT2D eigenvalue weighted by Crippen LogP contribution is -2.32. The maximum atomic E-state index is 12.9. The topological polar surface area (TPSA) is 139 Å². The van der Waals surface area contributed by atoms with E-state index in [0.717, 1.165) is 16.9 Å². The molecule has 11 heteroatoms. The van der Waals surface area contributed by atoms with Crippen molar-refractivity contribution in [1.29, 1.82) is 0 Å². The Hall–Kier alpha value is -3.99. The Labute approximate surface area is 212 Å². The van der Waals surface area contributed by atoms with E-state index in [1.54, 1.807) is 24.3 Å². The molecular weight excluding hydrogens is 504 g/mol. The van der Waals surface area contributed by atoms with E-state index in [1.165, 1.54) is 36.4 Å². The third kappa shape index (κ3) is 5.15. The quantitative estimate of drug-likeness (QED) is 0.404. The lowest BCUT2D eigenvalue weighted by atomic mass is 10.1. The molecule has 0 fully saturated rings. The lowest BCUT2D eigenvalue weighted by molar-refractivity contribution is -0.120. The average molecular weight is 525 g/mol. The number of hydrogen-bond donors (Lipinski definition) is 3. The van der Waals surface area contributed by atoms with E-state index in [9.17, 15) is 22.8 Å². The van der Waals surface area contributed by atoms with Crippen molar-refractivity contribution in [3.8, 4) is 0 Å². The number of sulfonamides is 1. The molecular formula is C25H21ClN4O5S. The first-order chi connectivity index (χ1) is 17.1. The van der Waals surface area contributed by atoms with Crippen molar-refractivity contribution in [3.63, 3.8) is 0 Å². The minimum atomic E-state index is -3.83. The zero-order valence-corrected chi connectivity index (χ0v) is 20.6. The molecule has 4 rings (SSSR count). The van der Waals surface area contributed by atoms with Crippen molar-refractivity contribution >= 4 is 56.4 Å². The van der Waals surface area contributed by atoms with Gasteiger partial charge in [-0.15, -0.1) is 0 Å². The van der Waals surface area contributed by atoms with Crippen molar-refractivity contribution in [2.75, 3.05) is 15.5 Å². The summed E-state index contributed by atoms with van der Waals surface area (Å²) in [6.07, 6.45) is 0.826. The van der Waals surface area contributed by atoms with Gasteiger partial charge in [-0.05, 0) is 72.6 Å². The number of hydrogen-bond acceptors (Lipinski definition) is 6. The number of aryl methyl sites for hydroxylation is 1. The number of imide groups is 1. The highest BCUT2D eigenvalue weighted by Gasteiger charge is 2.38. The van der Waals surface area contributed by atoms with Crippen LogP contribution in [0.5, 0.6) is 0 Å². The summed E-state index contributed by atoms with van der Waals surface area (Å²) in [5.41, 5.74) is 2.56. The van der Waals surface area contributed by atoms with Crippen molar-refractivity contribution in [3.05, 3.63) is 94.7 Å². The molecule has 0 saturated carbocycles. The number of halogens is 1. The summed E-state index contributed by atoms with van der Waals surface area (Å²) in [4.78, 5) is 39.1. The summed E-state index contributed by atoms with van der Waals surface area (Å²) in [6, 6.07) is 18.7. The summed E-state index contributed by atoms with van der Waals surface area (Å²) in [5, 5.41) is 10.4. The largest absolute Gasteiger partial charge is 0.350 e. The van der Waals surface area contributed by atoms with Gasteiger partial charge in [0.25, 0.3) is 17.7 Å². The predicted molar refractivity (Wildman–Crippen MR) is 137 cm³/mol. The van der Waals surface area contributed by atoms with E-state index in [-0.39, 0.29) is 15.6 Å². The Bertz CT molecular complexity index is 1480. The van der Waals surface area contributed by atoms with Crippen molar-refractivity contribution in [2.24, 2.45) is 5.14 Å². The standard InChI is InChI=1S/C25H21ClN4O5S/c1-2-15-3-11-19(12-4-15)30-24(32)21(26)22(25(30)33)28-17-7-5-16(6-8-17)23(31)29-18-9-13-20(14-10-18)36(27,34)35/h3-14,28H,2H2,1H3,(H,29,31)(H2,27,34,35). The molecule has 3 aromatic rings. The third-order valence-electron chi connectivity index (χ3n) is 5.49. The van der Waals surface area contributed by atoms with Crippen LogP contribution in [0.25, 0.3) is 0 Å². The van der Waals surface area contributed by atoms with Gasteiger partial charge in [0.1, 0.15) is 10.7 Å². The van der Waals surface area contributed by atoms with Crippen LogP contribution in [0.2, 0.25) is 0 Å². The van der Waals surface area contributed by atoms with Crippen molar-refractivity contribution in [1.82, 2.24) is 0 Å². The molecule has 36 heavy (non-hydrogen) atoms. The molecule has 1 aliphatic rings. The maximum absolute atomic E-state index is 12.9. The fraction of sp³-hybridized carbons (Fsp3) is 0.0800. The Morgan fingerprint density at radius 3 is 2.03 bits per heavy atom. The van der Waals surface area contributed by atoms with Gasteiger partial charge in [-0.1, -0.05) is 30.7 Å². The van der Waals surface area contributed by atoms with E-state index in [0.29, 0.717) is 22.6 Å². The van der Waals surface area contributed by atoms with Crippen LogP contribution in [0.3, 0.4) is 0 Å². The van der Waals surface area contributed by atoms with Gasteiger partial charge < -0.3 is 10.6 Å². The average Bonchev–Trinajstić information content (AvgIpc) is 3.07. The van der Waals surface area contributed by atoms with Crippen LogP contribution in [-0.4, -0.2) is 26.1 Å². The van der Waals surface area contributed by atoms with E-state index >= 15 is 0 Å². The number of anilines is 3. The highest BCUT2D eigenvalue weighted by atomic mass is 35.5. The Morgan fingerprint density at radius 2 is 1.47 bits per heavy atom. The summed E-state index contributed by atoms with van der Waals surface area (Å²) in [5.74, 6) is -1.65. The van der Waals surface area contributed by atoms with E-state index < -0.39 is 27.7 Å². The molecule has 0 atom stereocenters. The van der Waals surface area contributed by atoms with Crippen LogP contribution in [0.1, 0.15) is 22.8 Å². The summed E-state index contributed by atoms with van der Waals surface area (Å²) >= 11 is 6.18. The van der Waals surface area contributed by atoms with Gasteiger partial charge in [-0.2, -0.15) is 0 Å². The second kappa shape index (κ2) is 9.94. The third-order valence-corrected chi connectivity index (χ3v) is 6.77. The van der Waals surface area contributed by atoms with E-state index in [1.807, 2.05) is 19.1 Å². The number of rotatable bonds is 7. The SMILES string of the molecule is CCc1ccc(N2C(=O)C(Cl)=C(Nc3ccc(C(=O)Nc4ccc(S(N)(=O)=O)cc4)cc3)C2=O)cc1. The van der Waals surface area contributed by atoms with Gasteiger partial charge in [0.15, 0.2) is 0 Å². The predicted octanol–water partition coefficient (Wildman–Crippen LogP) is 3.58. The molecule has 184 valence electrons. The molecule has 0 spiro atoms. The molecule has 9 nitrogen and oxygen atoms in total. The van der Waals surface area contributed by atoms with Crippen LogP contribution >= 0.6 is 11.6 Å². The number of nitrogens with zero attached hydrogens (tertiary/aromatic N) is 1. The minimum Gasteiger partial charge on any atom is -0.350 e. The zero-order valence-electron chi connectivity index (χ0n) is 19.0. The molecule has 3 aromatic carbocycles. The Balaban J connectivity index is 1.44. The second-order valence-corrected chi connectivity index (χ2v) is 9.82. The van der Waals surface area contributed by atoms with Crippen LogP contribution in [0.4, 0.5) is 17.1 Å². The van der Waals surface area contributed by atoms with Crippen LogP contribution < -0.4 is 20.7 Å². The lowest BCUT2D eigenvalue weighted by Gasteiger charge is -2.15. The maximum Gasteiger partial charge on any atom is 0.283 e. The molecule has 0 aliphatic carbocycles. The first kappa shape index (κ1) is 25.1. The van der Waals surface area contributed by atoms with Crippen molar-refractivity contribution < 1.29 is 22.8 Å². The van der Waals surface area contributed by atoms with Crippen molar-refractivity contribution in [2.45, 2.75) is 18.2 Å². The zero-order chi connectivity index (χ0) is 26.0. The number of primary sulfonamides is 1. The Kier molecular flexibility index (Phi) is 6.93. The number of amides is 3. The monoisotopic (exact) mass is 524 g/mol. The molecule has 0 aromatic heterocycles. The van der Waals surface area contributed by atoms with Crippen LogP contribution in [0, 0.1) is 0 Å². The highest BCUT2D eigenvalue weighted by Crippen LogP contribution is 2.30. The summed E-state index contributed by atoms with van der Waals surface area (Å²) < 4.78 is 22.7. The van der Waals surface area contributed by atoms with Crippen LogP contribution in [0.15, 0.2) is 88.4 Å². The number of benzene rings is 3. The number of carbonyl (C=O) groups excluding carboxylic acids is 3. The minimum absolute atomic E-state index is 0.0617. The summed E-state index contributed by atoms with van der Waals surface area (Å²) in [7, 11) is -3.83. The first-order valence-electron chi connectivity index (χ1n) is 10.8. The first-order valence-corrected chi connectivity index (χ1v) is 12.7. The Morgan fingerprint density at radius 1 is 0.889 bits per heavy atom. The van der Waals surface area contributed by atoms with Gasteiger partial charge >= 0.3 is 0 Å². The molecule has 3 amide bonds. The fourth-order valence-corrected chi connectivity index (χ4v) is 4.24. The highest BCUT2D eigenvalue weighted by molar-refractivity contribution is 7.89. The van der Waals surface area contributed by atoms with Gasteiger partial charge in [0.2, 0.25) is 10.0 Å². The normalized spacial score (nSPS) is 13.8. The number of nitrogens with one attached hydrogen (secondary N) is 2. The number of carbonyl (C=O) groups is 3.